The first-order chi connectivity index (χ1) is 8.43. The van der Waals surface area contributed by atoms with Crippen molar-refractivity contribution < 1.29 is 17.9 Å². The second kappa shape index (κ2) is 6.75. The molecule has 1 rings (SSSR count). The summed E-state index contributed by atoms with van der Waals surface area (Å²) >= 11 is 0. The number of nitrogens with zero attached hydrogens (tertiary/aromatic N) is 1. The number of rotatable bonds is 6. The predicted molar refractivity (Wildman–Crippen MR) is 64.3 cm³/mol. The Kier molecular flexibility index (Phi) is 5.62. The normalized spacial score (nSPS) is 12.1. The molecule has 0 atom stereocenters. The third kappa shape index (κ3) is 5.06. The molecule has 0 unspecified atom stereocenters. The maximum absolute atomic E-state index is 12.4. The minimum atomic E-state index is -4.26. The Balaban J connectivity index is 2.48. The first-order valence-electron chi connectivity index (χ1n) is 5.86. The van der Waals surface area contributed by atoms with Gasteiger partial charge in [-0.2, -0.15) is 13.2 Å². The molecule has 0 aromatic heterocycles. The van der Waals surface area contributed by atoms with Crippen LogP contribution in [0.2, 0.25) is 0 Å². The van der Waals surface area contributed by atoms with Crippen molar-refractivity contribution in [2.45, 2.75) is 19.6 Å². The molecule has 0 fully saturated rings. The zero-order valence-electron chi connectivity index (χ0n) is 10.6. The van der Waals surface area contributed by atoms with Crippen LogP contribution in [-0.2, 0) is 17.5 Å². The van der Waals surface area contributed by atoms with Crippen molar-refractivity contribution >= 4 is 0 Å². The van der Waals surface area contributed by atoms with E-state index in [1.54, 1.807) is 0 Å². The van der Waals surface area contributed by atoms with E-state index in [0.717, 1.165) is 24.2 Å². The molecule has 0 aliphatic rings. The molecule has 0 N–H and O–H groups in total. The van der Waals surface area contributed by atoms with Crippen molar-refractivity contribution in [3.63, 3.8) is 0 Å². The third-order valence-electron chi connectivity index (χ3n) is 2.56. The number of ether oxygens (including phenoxy) is 1. The Bertz CT molecular complexity index is 348. The van der Waals surface area contributed by atoms with Gasteiger partial charge in [-0.25, -0.2) is 0 Å². The van der Waals surface area contributed by atoms with Crippen LogP contribution in [0.15, 0.2) is 24.3 Å². The van der Waals surface area contributed by atoms with E-state index in [0.29, 0.717) is 19.8 Å². The van der Waals surface area contributed by atoms with E-state index in [4.69, 9.17) is 4.74 Å². The second-order valence-corrected chi connectivity index (χ2v) is 4.13. The molecule has 1 aromatic rings. The lowest BCUT2D eigenvalue weighted by molar-refractivity contribution is -0.137. The molecule has 0 saturated heterocycles. The summed E-state index contributed by atoms with van der Waals surface area (Å²) in [5.74, 6) is 0. The van der Waals surface area contributed by atoms with E-state index in [-0.39, 0.29) is 0 Å². The van der Waals surface area contributed by atoms with Gasteiger partial charge in [0.2, 0.25) is 0 Å². The van der Waals surface area contributed by atoms with Crippen molar-refractivity contribution in [2.24, 2.45) is 0 Å². The summed E-state index contributed by atoms with van der Waals surface area (Å²) in [7, 11) is 1.91. The summed E-state index contributed by atoms with van der Waals surface area (Å²) in [5, 5.41) is 0. The van der Waals surface area contributed by atoms with Crippen molar-refractivity contribution in [3.05, 3.63) is 35.4 Å². The number of hydrogen-bond donors (Lipinski definition) is 0. The highest BCUT2D eigenvalue weighted by Gasteiger charge is 2.29. The van der Waals surface area contributed by atoms with Crippen LogP contribution < -0.4 is 0 Å². The van der Waals surface area contributed by atoms with Gasteiger partial charge in [0, 0.05) is 19.7 Å². The molecule has 5 heteroatoms. The average molecular weight is 261 g/mol. The van der Waals surface area contributed by atoms with Crippen LogP contribution in [0.4, 0.5) is 13.2 Å². The lowest BCUT2D eigenvalue weighted by atomic mass is 10.1. The molecule has 0 heterocycles. The Morgan fingerprint density at radius 1 is 1.17 bits per heavy atom. The number of benzene rings is 1. The summed E-state index contributed by atoms with van der Waals surface area (Å²) in [6.45, 7) is 4.61. The average Bonchev–Trinajstić information content (AvgIpc) is 2.29. The van der Waals surface area contributed by atoms with Crippen LogP contribution in [0.25, 0.3) is 0 Å². The molecule has 0 bridgehead atoms. The van der Waals surface area contributed by atoms with Crippen LogP contribution in [0.5, 0.6) is 0 Å². The van der Waals surface area contributed by atoms with Crippen LogP contribution >= 0.6 is 0 Å². The van der Waals surface area contributed by atoms with Gasteiger partial charge < -0.3 is 4.74 Å². The van der Waals surface area contributed by atoms with Crippen molar-refractivity contribution in [1.29, 1.82) is 0 Å². The second-order valence-electron chi connectivity index (χ2n) is 4.13. The lowest BCUT2D eigenvalue weighted by Crippen LogP contribution is -2.22. The number of alkyl halides is 3. The number of hydrogen-bond acceptors (Lipinski definition) is 2. The first-order valence-corrected chi connectivity index (χ1v) is 5.86. The van der Waals surface area contributed by atoms with Crippen LogP contribution in [0, 0.1) is 0 Å². The fourth-order valence-electron chi connectivity index (χ4n) is 1.55. The van der Waals surface area contributed by atoms with Gasteiger partial charge in [0.05, 0.1) is 12.2 Å². The van der Waals surface area contributed by atoms with E-state index in [2.05, 4.69) is 0 Å². The van der Waals surface area contributed by atoms with Crippen LogP contribution in [0.1, 0.15) is 18.1 Å². The highest BCUT2D eigenvalue weighted by atomic mass is 19.4. The van der Waals surface area contributed by atoms with E-state index in [9.17, 15) is 13.2 Å². The Morgan fingerprint density at radius 2 is 1.78 bits per heavy atom. The number of likely N-dealkylation sites (N-methyl/N-ethyl adjacent to an activating group) is 1. The van der Waals surface area contributed by atoms with Gasteiger partial charge in [-0.05, 0) is 31.7 Å². The summed E-state index contributed by atoms with van der Waals surface area (Å²) < 4.78 is 42.3. The molecule has 0 aliphatic carbocycles. The smallest absolute Gasteiger partial charge is 0.380 e. The van der Waals surface area contributed by atoms with Crippen LogP contribution in [0.3, 0.4) is 0 Å². The van der Waals surface area contributed by atoms with Crippen molar-refractivity contribution in [1.82, 2.24) is 4.90 Å². The monoisotopic (exact) mass is 261 g/mol. The highest BCUT2D eigenvalue weighted by Crippen LogP contribution is 2.29. The minimum absolute atomic E-state index is 0.608. The fraction of sp³-hybridized carbons (Fsp3) is 0.538. The predicted octanol–water partition coefficient (Wildman–Crippen LogP) is 3.17. The summed E-state index contributed by atoms with van der Waals surface area (Å²) in [6.07, 6.45) is -4.26. The van der Waals surface area contributed by atoms with Crippen molar-refractivity contribution in [3.8, 4) is 0 Å². The standard InChI is InChI=1S/C13H18F3NO/c1-3-18-9-8-17(2)10-11-4-6-12(7-5-11)13(14,15)16/h4-7H,3,8-10H2,1-2H3. The van der Waals surface area contributed by atoms with Crippen LogP contribution in [-0.4, -0.2) is 31.7 Å². The molecule has 102 valence electrons. The minimum Gasteiger partial charge on any atom is -0.380 e. The Hall–Kier alpha value is -1.07. The SMILES string of the molecule is CCOCCN(C)Cc1ccc(C(F)(F)F)cc1. The highest BCUT2D eigenvalue weighted by molar-refractivity contribution is 5.24. The Morgan fingerprint density at radius 3 is 2.28 bits per heavy atom. The maximum Gasteiger partial charge on any atom is 0.416 e. The molecular weight excluding hydrogens is 243 g/mol. The molecule has 0 radical (unpaired) electrons. The van der Waals surface area contributed by atoms with E-state index >= 15 is 0 Å². The fourth-order valence-corrected chi connectivity index (χ4v) is 1.55. The van der Waals surface area contributed by atoms with E-state index < -0.39 is 11.7 Å². The topological polar surface area (TPSA) is 12.5 Å². The summed E-state index contributed by atoms with van der Waals surface area (Å²) in [6, 6.07) is 5.26. The van der Waals surface area contributed by atoms with Gasteiger partial charge in [-0.1, -0.05) is 12.1 Å². The van der Waals surface area contributed by atoms with Gasteiger partial charge in [-0.15, -0.1) is 0 Å². The van der Waals surface area contributed by atoms with Gasteiger partial charge >= 0.3 is 6.18 Å². The zero-order valence-corrected chi connectivity index (χ0v) is 10.6. The molecular formula is C13H18F3NO. The van der Waals surface area contributed by atoms with E-state index in [1.165, 1.54) is 12.1 Å². The summed E-state index contributed by atoms with van der Waals surface area (Å²) in [5.41, 5.74) is 0.255. The molecule has 2 nitrogen and oxygen atoms in total. The number of halogens is 3. The molecule has 0 amide bonds. The first kappa shape index (κ1) is 15.0. The largest absolute Gasteiger partial charge is 0.416 e. The molecule has 0 aliphatic heterocycles. The quantitative estimate of drug-likeness (QED) is 0.729. The van der Waals surface area contributed by atoms with E-state index in [1.807, 2.05) is 18.9 Å². The van der Waals surface area contributed by atoms with Gasteiger partial charge in [0.15, 0.2) is 0 Å². The van der Waals surface area contributed by atoms with Gasteiger partial charge in [0.25, 0.3) is 0 Å². The molecule has 0 spiro atoms. The zero-order chi connectivity index (χ0) is 13.6. The van der Waals surface area contributed by atoms with Gasteiger partial charge in [-0.3, -0.25) is 4.90 Å². The Labute approximate surface area is 105 Å². The molecule has 18 heavy (non-hydrogen) atoms. The molecule has 0 saturated carbocycles. The third-order valence-corrected chi connectivity index (χ3v) is 2.56. The lowest BCUT2D eigenvalue weighted by Gasteiger charge is -2.16. The molecule has 1 aromatic carbocycles. The summed E-state index contributed by atoms with van der Waals surface area (Å²) in [4.78, 5) is 2.01. The van der Waals surface area contributed by atoms with Crippen molar-refractivity contribution in [2.75, 3.05) is 26.8 Å². The maximum atomic E-state index is 12.4. The van der Waals surface area contributed by atoms with Gasteiger partial charge in [0.1, 0.15) is 0 Å².